The van der Waals surface area contributed by atoms with Crippen molar-refractivity contribution >= 4 is 11.9 Å². The van der Waals surface area contributed by atoms with Crippen LogP contribution >= 0.6 is 0 Å². The molecule has 4 nitrogen and oxygen atoms in total. The number of rotatable bonds is 2. The Kier molecular flexibility index (Phi) is 5.69. The normalized spacial score (nSPS) is 46.7. The molecule has 2 unspecified atom stereocenters. The van der Waals surface area contributed by atoms with Crippen molar-refractivity contribution in [3.05, 3.63) is 12.2 Å². The van der Waals surface area contributed by atoms with Gasteiger partial charge >= 0.3 is 29.6 Å². The van der Waals surface area contributed by atoms with Gasteiger partial charge in [0.1, 0.15) is 0 Å². The van der Waals surface area contributed by atoms with Crippen molar-refractivity contribution in [1.82, 2.24) is 4.90 Å². The van der Waals surface area contributed by atoms with Gasteiger partial charge in [0.15, 0.2) is 0 Å². The number of hydrogen-bond donors (Lipinski definition) is 0. The molecule has 0 spiro atoms. The minimum Gasteiger partial charge on any atom is -0.550 e. The minimum atomic E-state index is -0.884. The molecule has 0 N–H and O–H groups in total. The maximum Gasteiger partial charge on any atom is 1.00 e. The van der Waals surface area contributed by atoms with Crippen molar-refractivity contribution in [2.75, 3.05) is 7.05 Å². The molecule has 0 radical (unpaired) electrons. The van der Waals surface area contributed by atoms with Gasteiger partial charge in [-0.15, -0.1) is 0 Å². The van der Waals surface area contributed by atoms with E-state index < -0.39 is 5.97 Å². The number of hydrogen-bond acceptors (Lipinski definition) is 3. The molecule has 1 heterocycles. The number of carbonyl (C=O) groups excluding carboxylic acids is 2. The molecular weight excluding hydrogens is 349 g/mol. The topological polar surface area (TPSA) is 60.4 Å². The molecule has 1 amide bonds. The first-order valence-electron chi connectivity index (χ1n) is 10.4. The van der Waals surface area contributed by atoms with E-state index in [1.807, 2.05) is 18.9 Å². The summed E-state index contributed by atoms with van der Waals surface area (Å²) < 4.78 is 0. The van der Waals surface area contributed by atoms with Gasteiger partial charge in [0.25, 0.3) is 0 Å². The Bertz CT molecular complexity index is 664. The summed E-state index contributed by atoms with van der Waals surface area (Å²) in [5, 5.41) is 11.5. The van der Waals surface area contributed by atoms with E-state index in [2.05, 4.69) is 19.9 Å². The fourth-order valence-corrected chi connectivity index (χ4v) is 7.76. The van der Waals surface area contributed by atoms with Gasteiger partial charge in [-0.2, -0.15) is 0 Å². The predicted octanol–water partition coefficient (Wildman–Crippen LogP) is -0.368. The molecule has 8 atom stereocenters. The quantitative estimate of drug-likeness (QED) is 0.614. The zero-order valence-electron chi connectivity index (χ0n) is 17.5. The summed E-state index contributed by atoms with van der Waals surface area (Å²) in [6, 6.07) is 0.310. The average molecular weight is 381 g/mol. The van der Waals surface area contributed by atoms with Crippen LogP contribution in [0.25, 0.3) is 0 Å². The van der Waals surface area contributed by atoms with Gasteiger partial charge in [0, 0.05) is 24.5 Å². The fraction of sp³-hybridized carbons (Fsp3) is 0.818. The van der Waals surface area contributed by atoms with Crippen LogP contribution in [0.1, 0.15) is 59.3 Å². The zero-order valence-corrected chi connectivity index (χ0v) is 19.5. The molecule has 27 heavy (non-hydrogen) atoms. The van der Waals surface area contributed by atoms with E-state index in [9.17, 15) is 14.7 Å². The summed E-state index contributed by atoms with van der Waals surface area (Å²) in [5.41, 5.74) is 0.189. The standard InChI is InChI=1S/C22H33NO3.Na/c1-13(20(25)26)15-6-7-16-14-5-8-18-22(3,12-10-19(24)23(18)4)17(14)9-11-21(15,16)2;/h10,12-18H,5-9,11H2,1-4H3,(H,25,26);/q;+1/p-1/t13?,14-,15+,16-,17-,18?,21+,22+;/m0./s1. The number of amides is 1. The second kappa shape index (κ2) is 7.18. The average Bonchev–Trinajstić information content (AvgIpc) is 2.95. The first kappa shape index (κ1) is 21.4. The SMILES string of the molecule is CC(C(=O)[O-])[C@H]1CC[C@H]2[C@@H]3CCC4N(C)C(=O)C=C[C@]4(C)[C@H]3CC[C@]12C.[Na+]. The predicted molar refractivity (Wildman–Crippen MR) is 97.7 cm³/mol. The minimum absolute atomic E-state index is 0. The van der Waals surface area contributed by atoms with Crippen LogP contribution in [0.3, 0.4) is 0 Å². The molecule has 0 aromatic carbocycles. The van der Waals surface area contributed by atoms with Crippen molar-refractivity contribution in [2.45, 2.75) is 65.3 Å². The zero-order chi connectivity index (χ0) is 18.9. The molecule has 0 aromatic heterocycles. The van der Waals surface area contributed by atoms with Crippen LogP contribution in [0.4, 0.5) is 0 Å². The van der Waals surface area contributed by atoms with E-state index >= 15 is 0 Å². The monoisotopic (exact) mass is 381 g/mol. The summed E-state index contributed by atoms with van der Waals surface area (Å²) in [7, 11) is 1.95. The van der Waals surface area contributed by atoms with E-state index in [4.69, 9.17) is 0 Å². The van der Waals surface area contributed by atoms with Gasteiger partial charge in [0.05, 0.1) is 0 Å². The van der Waals surface area contributed by atoms with Crippen LogP contribution in [-0.4, -0.2) is 29.9 Å². The number of carboxylic acids is 1. The third-order valence-electron chi connectivity index (χ3n) is 9.18. The van der Waals surface area contributed by atoms with Crippen molar-refractivity contribution in [3.63, 3.8) is 0 Å². The second-order valence-electron chi connectivity index (χ2n) is 9.95. The van der Waals surface area contributed by atoms with Crippen LogP contribution in [-0.2, 0) is 9.59 Å². The number of carbonyl (C=O) groups is 2. The van der Waals surface area contributed by atoms with Crippen molar-refractivity contribution < 1.29 is 44.3 Å². The molecule has 4 rings (SSSR count). The molecule has 0 bridgehead atoms. The van der Waals surface area contributed by atoms with Gasteiger partial charge in [-0.05, 0) is 79.6 Å². The van der Waals surface area contributed by atoms with Gasteiger partial charge in [-0.1, -0.05) is 26.8 Å². The molecule has 4 aliphatic rings. The summed E-state index contributed by atoms with van der Waals surface area (Å²) >= 11 is 0. The summed E-state index contributed by atoms with van der Waals surface area (Å²) in [6.07, 6.45) is 10.6. The Morgan fingerprint density at radius 2 is 1.89 bits per heavy atom. The number of nitrogens with zero attached hydrogens (tertiary/aromatic N) is 1. The Morgan fingerprint density at radius 3 is 2.56 bits per heavy atom. The molecule has 3 aliphatic carbocycles. The first-order valence-corrected chi connectivity index (χ1v) is 10.4. The summed E-state index contributed by atoms with van der Waals surface area (Å²) in [4.78, 5) is 25.6. The Hall–Kier alpha value is -0.320. The molecule has 1 aliphatic heterocycles. The Labute approximate surface area is 185 Å². The van der Waals surface area contributed by atoms with Gasteiger partial charge in [-0.25, -0.2) is 0 Å². The van der Waals surface area contributed by atoms with Crippen LogP contribution in [0.2, 0.25) is 0 Å². The summed E-state index contributed by atoms with van der Waals surface area (Å²) in [6.45, 7) is 6.56. The van der Waals surface area contributed by atoms with Gasteiger partial charge < -0.3 is 14.8 Å². The van der Waals surface area contributed by atoms with Crippen LogP contribution in [0.15, 0.2) is 12.2 Å². The maximum atomic E-state index is 12.1. The third-order valence-corrected chi connectivity index (χ3v) is 9.18. The van der Waals surface area contributed by atoms with E-state index in [-0.39, 0.29) is 58.1 Å². The molecule has 0 saturated heterocycles. The Balaban J connectivity index is 0.00000210. The second-order valence-corrected chi connectivity index (χ2v) is 9.95. The molecule has 0 aromatic rings. The van der Waals surface area contributed by atoms with E-state index in [0.29, 0.717) is 23.8 Å². The first-order chi connectivity index (χ1) is 12.2. The molecule has 3 saturated carbocycles. The third kappa shape index (κ3) is 2.97. The Morgan fingerprint density at radius 1 is 1.19 bits per heavy atom. The maximum absolute atomic E-state index is 12.1. The number of aliphatic carboxylic acids is 1. The number of likely N-dealkylation sites (N-methyl/N-ethyl adjacent to an activating group) is 1. The van der Waals surface area contributed by atoms with E-state index in [1.165, 1.54) is 6.42 Å². The largest absolute Gasteiger partial charge is 1.00 e. The van der Waals surface area contributed by atoms with E-state index in [1.54, 1.807) is 6.08 Å². The van der Waals surface area contributed by atoms with Crippen molar-refractivity contribution in [3.8, 4) is 0 Å². The van der Waals surface area contributed by atoms with Crippen molar-refractivity contribution in [2.24, 2.45) is 40.4 Å². The molecule has 144 valence electrons. The molecule has 3 fully saturated rings. The van der Waals surface area contributed by atoms with Gasteiger partial charge in [-0.3, -0.25) is 4.79 Å². The summed E-state index contributed by atoms with van der Waals surface area (Å²) in [5.74, 6) is 1.01. The fourth-order valence-electron chi connectivity index (χ4n) is 7.76. The van der Waals surface area contributed by atoms with Crippen LogP contribution < -0.4 is 34.7 Å². The van der Waals surface area contributed by atoms with E-state index in [0.717, 1.165) is 32.1 Å². The van der Waals surface area contributed by atoms with Crippen LogP contribution in [0, 0.1) is 40.4 Å². The number of carboxylic acid groups (broad SMARTS) is 1. The van der Waals surface area contributed by atoms with Gasteiger partial charge in [0.2, 0.25) is 5.91 Å². The smallest absolute Gasteiger partial charge is 0.550 e. The van der Waals surface area contributed by atoms with Crippen LogP contribution in [0.5, 0.6) is 0 Å². The van der Waals surface area contributed by atoms with Crippen molar-refractivity contribution in [1.29, 1.82) is 0 Å². The molecule has 5 heteroatoms. The molecular formula is C22H32NNaO3. The number of fused-ring (bicyclic) bond motifs is 5.